The minimum Gasteiger partial charge on any atom is -0.452 e. The van der Waals surface area contributed by atoms with Gasteiger partial charge in [0, 0.05) is 35.3 Å². The number of esters is 1. The van der Waals surface area contributed by atoms with Gasteiger partial charge in [-0.05, 0) is 18.2 Å². The monoisotopic (exact) mass is 488 g/mol. The van der Waals surface area contributed by atoms with Crippen molar-refractivity contribution >= 4 is 33.3 Å². The molecule has 0 atom stereocenters. The quantitative estimate of drug-likeness (QED) is 0.291. The Morgan fingerprint density at radius 2 is 2.03 bits per heavy atom. The molecule has 0 bridgehead atoms. The number of non-ortho nitro benzene ring substituents is 1. The zero-order valence-corrected chi connectivity index (χ0v) is 17.8. The number of nitro groups is 1. The predicted octanol–water partition coefficient (Wildman–Crippen LogP) is 3.60. The fraction of sp³-hybridized carbons (Fsp3) is 0.250. The number of nitro benzene ring substituents is 1. The molecule has 2 heterocycles. The van der Waals surface area contributed by atoms with Gasteiger partial charge < -0.3 is 18.9 Å². The Bertz CT molecular complexity index is 1110. The zero-order chi connectivity index (χ0) is 21.8. The number of hydrogen-bond donors (Lipinski definition) is 0. The summed E-state index contributed by atoms with van der Waals surface area (Å²) in [5.74, 6) is -0.245. The van der Waals surface area contributed by atoms with Crippen LogP contribution >= 0.6 is 15.9 Å². The van der Waals surface area contributed by atoms with E-state index in [9.17, 15) is 14.9 Å². The van der Waals surface area contributed by atoms with Crippen molar-refractivity contribution < 1.29 is 23.7 Å². The lowest BCUT2D eigenvalue weighted by Gasteiger charge is -2.30. The number of halogens is 1. The maximum atomic E-state index is 12.8. The Balaban J connectivity index is 1.51. The average Bonchev–Trinajstić information content (AvgIpc) is 3.27. The fourth-order valence-electron chi connectivity index (χ4n) is 3.14. The molecule has 1 aliphatic heterocycles. The van der Waals surface area contributed by atoms with Gasteiger partial charge >= 0.3 is 5.97 Å². The molecule has 1 aliphatic rings. The van der Waals surface area contributed by atoms with Gasteiger partial charge in [-0.25, -0.2) is 4.79 Å². The van der Waals surface area contributed by atoms with Gasteiger partial charge in [-0.3, -0.25) is 10.1 Å². The van der Waals surface area contributed by atoms with Crippen molar-refractivity contribution in [3.05, 3.63) is 68.5 Å². The summed E-state index contributed by atoms with van der Waals surface area (Å²) in [7, 11) is 0. The lowest BCUT2D eigenvalue weighted by Crippen LogP contribution is -2.37. The molecule has 0 radical (unpaired) electrons. The Labute approximate surface area is 185 Å². The van der Waals surface area contributed by atoms with Crippen molar-refractivity contribution in [2.75, 3.05) is 31.2 Å². The second-order valence-corrected chi connectivity index (χ2v) is 7.57. The first-order valence-corrected chi connectivity index (χ1v) is 10.2. The number of carbonyl (C=O) groups is 1. The third-order valence-corrected chi connectivity index (χ3v) is 5.13. The first kappa shape index (κ1) is 20.9. The van der Waals surface area contributed by atoms with Gasteiger partial charge in [-0.1, -0.05) is 33.2 Å². The van der Waals surface area contributed by atoms with Crippen LogP contribution in [0.1, 0.15) is 16.2 Å². The van der Waals surface area contributed by atoms with Gasteiger partial charge in [-0.15, -0.1) is 0 Å². The van der Waals surface area contributed by atoms with E-state index in [1.165, 1.54) is 12.1 Å². The van der Waals surface area contributed by atoms with Crippen LogP contribution in [-0.4, -0.2) is 47.3 Å². The number of benzene rings is 2. The maximum absolute atomic E-state index is 12.8. The maximum Gasteiger partial charge on any atom is 0.341 e. The van der Waals surface area contributed by atoms with Crippen molar-refractivity contribution in [2.45, 2.75) is 6.61 Å². The van der Waals surface area contributed by atoms with Crippen LogP contribution in [0.4, 0.5) is 11.4 Å². The summed E-state index contributed by atoms with van der Waals surface area (Å²) in [5.41, 5.74) is 1.20. The normalized spacial score (nSPS) is 13.8. The van der Waals surface area contributed by atoms with Crippen molar-refractivity contribution in [1.29, 1.82) is 0 Å². The van der Waals surface area contributed by atoms with Crippen molar-refractivity contribution in [3.63, 3.8) is 0 Å². The van der Waals surface area contributed by atoms with Gasteiger partial charge in [0.2, 0.25) is 5.82 Å². The number of hydrogen-bond acceptors (Lipinski definition) is 9. The molecule has 0 saturated carbocycles. The topological polar surface area (TPSA) is 121 Å². The molecule has 0 spiro atoms. The molecule has 11 heteroatoms. The molecule has 0 N–H and O–H groups in total. The van der Waals surface area contributed by atoms with Gasteiger partial charge in [-0.2, -0.15) is 4.98 Å². The Morgan fingerprint density at radius 3 is 2.77 bits per heavy atom. The van der Waals surface area contributed by atoms with E-state index in [4.69, 9.17) is 14.0 Å². The minimum atomic E-state index is -0.715. The standard InChI is InChI=1S/C20H17BrN4O6/c21-14-3-1-2-13(10-14)19-22-18(31-23-19)12-30-20(26)16-11-15(25(27)28)4-5-17(16)24-6-8-29-9-7-24/h1-5,10-11H,6-9,12H2. The first-order valence-electron chi connectivity index (χ1n) is 9.38. The molecule has 2 aromatic carbocycles. The van der Waals surface area contributed by atoms with E-state index in [2.05, 4.69) is 26.1 Å². The van der Waals surface area contributed by atoms with Crippen molar-refractivity contribution in [3.8, 4) is 11.4 Å². The lowest BCUT2D eigenvalue weighted by atomic mass is 10.1. The molecule has 10 nitrogen and oxygen atoms in total. The second kappa shape index (κ2) is 9.23. The zero-order valence-electron chi connectivity index (χ0n) is 16.2. The number of nitrogens with zero attached hydrogens (tertiary/aromatic N) is 4. The Morgan fingerprint density at radius 1 is 1.23 bits per heavy atom. The fourth-order valence-corrected chi connectivity index (χ4v) is 3.54. The third-order valence-electron chi connectivity index (χ3n) is 4.64. The predicted molar refractivity (Wildman–Crippen MR) is 113 cm³/mol. The van der Waals surface area contributed by atoms with E-state index in [-0.39, 0.29) is 23.7 Å². The van der Waals surface area contributed by atoms with E-state index >= 15 is 0 Å². The van der Waals surface area contributed by atoms with Gasteiger partial charge in [0.1, 0.15) is 0 Å². The smallest absolute Gasteiger partial charge is 0.341 e. The summed E-state index contributed by atoms with van der Waals surface area (Å²) >= 11 is 3.38. The number of morpholine rings is 1. The Kier molecular flexibility index (Phi) is 6.23. The molecule has 3 aromatic rings. The number of carbonyl (C=O) groups excluding carboxylic acids is 1. The highest BCUT2D eigenvalue weighted by molar-refractivity contribution is 9.10. The molecule has 4 rings (SSSR count). The van der Waals surface area contributed by atoms with Gasteiger partial charge in [0.15, 0.2) is 6.61 Å². The second-order valence-electron chi connectivity index (χ2n) is 6.66. The summed E-state index contributed by atoms with van der Waals surface area (Å²) in [6.45, 7) is 1.89. The molecular weight excluding hydrogens is 472 g/mol. The summed E-state index contributed by atoms with van der Waals surface area (Å²) in [6.07, 6.45) is 0. The van der Waals surface area contributed by atoms with Crippen molar-refractivity contribution in [2.24, 2.45) is 0 Å². The molecule has 0 amide bonds. The molecule has 1 aromatic heterocycles. The highest BCUT2D eigenvalue weighted by Crippen LogP contribution is 2.27. The number of aromatic nitrogens is 2. The Hall–Kier alpha value is -3.31. The van der Waals surface area contributed by atoms with Crippen LogP contribution in [0, 0.1) is 10.1 Å². The van der Waals surface area contributed by atoms with Gasteiger partial charge in [0.05, 0.1) is 29.4 Å². The van der Waals surface area contributed by atoms with E-state index in [1.54, 1.807) is 6.07 Å². The molecule has 1 fully saturated rings. The SMILES string of the molecule is O=C(OCc1nc(-c2cccc(Br)c2)no1)c1cc([N+](=O)[O-])ccc1N1CCOCC1. The molecule has 0 unspecified atom stereocenters. The number of rotatable bonds is 6. The van der Waals surface area contributed by atoms with Crippen LogP contribution in [0.3, 0.4) is 0 Å². The first-order chi connectivity index (χ1) is 15.0. The highest BCUT2D eigenvalue weighted by Gasteiger charge is 2.23. The van der Waals surface area contributed by atoms with Crippen LogP contribution in [0.2, 0.25) is 0 Å². The molecule has 160 valence electrons. The van der Waals surface area contributed by atoms with E-state index in [1.807, 2.05) is 29.2 Å². The summed E-state index contributed by atoms with van der Waals surface area (Å²) in [5, 5.41) is 15.1. The summed E-state index contributed by atoms with van der Waals surface area (Å²) < 4.78 is 16.7. The van der Waals surface area contributed by atoms with Gasteiger partial charge in [0.25, 0.3) is 11.6 Å². The van der Waals surface area contributed by atoms with Crippen LogP contribution < -0.4 is 4.90 Å². The number of ether oxygens (including phenoxy) is 2. The van der Waals surface area contributed by atoms with Crippen LogP contribution in [0.15, 0.2) is 51.5 Å². The van der Waals surface area contributed by atoms with Crippen LogP contribution in [-0.2, 0) is 16.1 Å². The van der Waals surface area contributed by atoms with Crippen molar-refractivity contribution in [1.82, 2.24) is 10.1 Å². The third kappa shape index (κ3) is 4.89. The number of anilines is 1. The average molecular weight is 489 g/mol. The molecular formula is C20H17BrN4O6. The summed E-state index contributed by atoms with van der Waals surface area (Å²) in [6, 6.07) is 11.5. The summed E-state index contributed by atoms with van der Waals surface area (Å²) in [4.78, 5) is 29.6. The molecule has 1 saturated heterocycles. The van der Waals surface area contributed by atoms with E-state index < -0.39 is 10.9 Å². The largest absolute Gasteiger partial charge is 0.452 e. The lowest BCUT2D eigenvalue weighted by molar-refractivity contribution is -0.384. The van der Waals surface area contributed by atoms with Crippen LogP contribution in [0.5, 0.6) is 0 Å². The van der Waals surface area contributed by atoms with E-state index in [0.717, 1.165) is 10.0 Å². The minimum absolute atomic E-state index is 0.0998. The molecule has 31 heavy (non-hydrogen) atoms. The van der Waals surface area contributed by atoms with Crippen LogP contribution in [0.25, 0.3) is 11.4 Å². The molecule has 0 aliphatic carbocycles. The van der Waals surface area contributed by atoms with E-state index in [0.29, 0.717) is 37.8 Å². The highest BCUT2D eigenvalue weighted by atomic mass is 79.9.